The third kappa shape index (κ3) is 8.63. The zero-order valence-electron chi connectivity index (χ0n) is 34.7. The summed E-state index contributed by atoms with van der Waals surface area (Å²) in [4.78, 5) is 56.5. The quantitative estimate of drug-likeness (QED) is 0.250. The predicted octanol–water partition coefficient (Wildman–Crippen LogP) is 4.49. The normalized spacial score (nSPS) is 24.0. The Balaban J connectivity index is 0.879. The van der Waals surface area contributed by atoms with E-state index in [0.29, 0.717) is 43.1 Å². The van der Waals surface area contributed by atoms with Gasteiger partial charge in [0.05, 0.1) is 29.9 Å². The number of carbonyl (C=O) groups excluding carboxylic acids is 4. The molecule has 0 aromatic heterocycles. The number of benzene rings is 3. The molecule has 1 aliphatic carbocycles. The third-order valence-corrected chi connectivity index (χ3v) is 12.6. The highest BCUT2D eigenvalue weighted by atomic mass is 19.1. The van der Waals surface area contributed by atoms with Crippen molar-refractivity contribution in [2.75, 3.05) is 62.2 Å². The maximum atomic E-state index is 15.1. The molecule has 4 fully saturated rings. The van der Waals surface area contributed by atoms with Crippen LogP contribution in [0.25, 0.3) is 0 Å². The summed E-state index contributed by atoms with van der Waals surface area (Å²) < 4.78 is 27.8. The number of nitriles is 1. The van der Waals surface area contributed by atoms with Gasteiger partial charge in [-0.2, -0.15) is 5.26 Å². The topological polar surface area (TPSA) is 156 Å². The first-order valence-electron chi connectivity index (χ1n) is 20.4. The van der Waals surface area contributed by atoms with Gasteiger partial charge in [-0.3, -0.25) is 29.4 Å². The van der Waals surface area contributed by atoms with Crippen molar-refractivity contribution in [2.24, 2.45) is 10.8 Å². The number of hydrogen-bond acceptors (Lipinski definition) is 10. The molecule has 3 aromatic carbocycles. The largest absolute Gasteiger partial charge is 0.489 e. The third-order valence-electron chi connectivity index (χ3n) is 12.6. The molecule has 1 saturated carbocycles. The molecule has 2 atom stereocenters. The second-order valence-electron chi connectivity index (χ2n) is 17.5. The maximum Gasteiger partial charge on any atom is 0.254 e. The summed E-state index contributed by atoms with van der Waals surface area (Å²) >= 11 is 0. The van der Waals surface area contributed by atoms with Crippen molar-refractivity contribution in [1.29, 1.82) is 5.26 Å². The molecule has 3 saturated heterocycles. The van der Waals surface area contributed by atoms with Crippen molar-refractivity contribution in [3.63, 3.8) is 0 Å². The first-order chi connectivity index (χ1) is 28.0. The Morgan fingerprint density at radius 1 is 0.898 bits per heavy atom. The molecule has 312 valence electrons. The molecule has 59 heavy (non-hydrogen) atoms. The van der Waals surface area contributed by atoms with Gasteiger partial charge in [-0.1, -0.05) is 27.7 Å². The van der Waals surface area contributed by atoms with Crippen LogP contribution in [0.1, 0.15) is 77.9 Å². The fraction of sp³-hybridized carbons (Fsp3) is 0.489. The molecule has 7 rings (SSSR count). The van der Waals surface area contributed by atoms with E-state index in [1.165, 1.54) is 12.1 Å². The fourth-order valence-electron chi connectivity index (χ4n) is 9.64. The van der Waals surface area contributed by atoms with Gasteiger partial charge in [0.2, 0.25) is 11.8 Å². The van der Waals surface area contributed by atoms with E-state index in [1.54, 1.807) is 6.07 Å². The molecule has 4 amide bonds. The number of halogens is 1. The number of nitrogens with one attached hydrogen (secondary N) is 3. The number of piperidine rings is 1. The number of morpholine rings is 1. The molecule has 0 bridgehead atoms. The second-order valence-corrected chi connectivity index (χ2v) is 17.5. The Kier molecular flexibility index (Phi) is 11.7. The Morgan fingerprint density at radius 2 is 1.56 bits per heavy atom. The summed E-state index contributed by atoms with van der Waals surface area (Å²) in [6.07, 6.45) is 0.143. The first-order valence-corrected chi connectivity index (χ1v) is 20.4. The molecule has 4 aliphatic rings. The lowest BCUT2D eigenvalue weighted by Crippen LogP contribution is -2.74. The number of aryl methyl sites for hydroxylation is 2. The lowest BCUT2D eigenvalue weighted by molar-refractivity contribution is -0.164. The van der Waals surface area contributed by atoms with E-state index in [2.05, 4.69) is 64.4 Å². The van der Waals surface area contributed by atoms with Crippen LogP contribution in [0.3, 0.4) is 0 Å². The number of carbonyl (C=O) groups is 4. The first kappa shape index (κ1) is 41.6. The molecule has 13 nitrogen and oxygen atoms in total. The molecular formula is C45H54FN7O6. The minimum Gasteiger partial charge on any atom is -0.489 e. The number of anilines is 2. The highest BCUT2D eigenvalue weighted by molar-refractivity contribution is 6.04. The van der Waals surface area contributed by atoms with Gasteiger partial charge in [0.15, 0.2) is 0 Å². The van der Waals surface area contributed by atoms with E-state index in [0.717, 1.165) is 48.7 Å². The van der Waals surface area contributed by atoms with Crippen LogP contribution in [0, 0.1) is 41.8 Å². The monoisotopic (exact) mass is 807 g/mol. The van der Waals surface area contributed by atoms with Gasteiger partial charge in [0, 0.05) is 86.0 Å². The minimum absolute atomic E-state index is 0.00626. The van der Waals surface area contributed by atoms with Crippen molar-refractivity contribution >= 4 is 35.0 Å². The average Bonchev–Trinajstić information content (AvgIpc) is 3.20. The van der Waals surface area contributed by atoms with Crippen molar-refractivity contribution < 1.29 is 33.0 Å². The second kappa shape index (κ2) is 16.6. The van der Waals surface area contributed by atoms with E-state index < -0.39 is 23.7 Å². The number of nitrogens with zero attached hydrogens (tertiary/aromatic N) is 4. The summed E-state index contributed by atoms with van der Waals surface area (Å²) in [6, 6.07) is 17.4. The Labute approximate surface area is 345 Å². The van der Waals surface area contributed by atoms with Gasteiger partial charge >= 0.3 is 0 Å². The van der Waals surface area contributed by atoms with E-state index in [4.69, 9.17) is 9.47 Å². The standard InChI is InChI=1S/C45H54FN7O6/c1-27-21-32(22-28(2)35(27)24-47)59-43-44(3,4)42(45(43,5)6)50-39(55)29-7-9-30(10-8-29)53-19-20-58-33(26-53)25-51-15-17-52(18-16-51)31-11-12-34(36(46)23-31)40(56)48-37-13-14-38(54)49-41(37)57/h7-12,21-23,33,37,42-43H,13-20,25-26H2,1-6H3,(H,48,56)(H,50,55)(H,49,54,57)/t33-,37-,42?,43?/m1/s1. The molecule has 0 spiro atoms. The van der Waals surface area contributed by atoms with Crippen molar-refractivity contribution in [2.45, 2.75) is 78.7 Å². The van der Waals surface area contributed by atoms with Gasteiger partial charge in [0.1, 0.15) is 23.7 Å². The SMILES string of the molecule is Cc1cc(OC2C(C)(C)C(NC(=O)c3ccc(N4CCO[C@H](CN5CCN(c6ccc(C(=O)N[C@@H]7CCC(=O)NC7=O)c(F)c6)CC5)C4)cc3)C2(C)C)cc(C)c1C#N. The van der Waals surface area contributed by atoms with Gasteiger partial charge in [-0.25, -0.2) is 4.39 Å². The molecule has 3 N–H and O–H groups in total. The van der Waals surface area contributed by atoms with E-state index in [9.17, 15) is 24.4 Å². The highest BCUT2D eigenvalue weighted by Gasteiger charge is 2.64. The number of imide groups is 1. The van der Waals surface area contributed by atoms with Gasteiger partial charge < -0.3 is 29.9 Å². The number of ether oxygens (including phenoxy) is 2. The summed E-state index contributed by atoms with van der Waals surface area (Å²) in [7, 11) is 0. The molecule has 0 radical (unpaired) electrons. The average molecular weight is 808 g/mol. The molecule has 14 heteroatoms. The fourth-order valence-corrected chi connectivity index (χ4v) is 9.64. The van der Waals surface area contributed by atoms with Gasteiger partial charge in [-0.05, 0) is 86.0 Å². The number of rotatable bonds is 10. The number of piperazine rings is 1. The molecule has 3 aliphatic heterocycles. The van der Waals surface area contributed by atoms with E-state index in [1.807, 2.05) is 50.2 Å². The van der Waals surface area contributed by atoms with Gasteiger partial charge in [0.25, 0.3) is 11.8 Å². The summed E-state index contributed by atoms with van der Waals surface area (Å²) in [5, 5.41) is 17.5. The van der Waals surface area contributed by atoms with Crippen LogP contribution in [-0.4, -0.2) is 105 Å². The van der Waals surface area contributed by atoms with E-state index >= 15 is 4.39 Å². The predicted molar refractivity (Wildman–Crippen MR) is 221 cm³/mol. The molecule has 0 unspecified atom stereocenters. The minimum atomic E-state index is -0.877. The zero-order valence-corrected chi connectivity index (χ0v) is 34.7. The summed E-state index contributed by atoms with van der Waals surface area (Å²) in [5.41, 5.74) is 3.92. The van der Waals surface area contributed by atoms with Crippen molar-refractivity contribution in [1.82, 2.24) is 20.9 Å². The maximum absolute atomic E-state index is 15.1. The summed E-state index contributed by atoms with van der Waals surface area (Å²) in [6.45, 7) is 18.0. The molecule has 3 aromatic rings. The number of amides is 4. The Morgan fingerprint density at radius 3 is 2.19 bits per heavy atom. The van der Waals surface area contributed by atoms with Crippen LogP contribution < -0.4 is 30.5 Å². The smallest absolute Gasteiger partial charge is 0.254 e. The zero-order chi connectivity index (χ0) is 42.2. The molecule has 3 heterocycles. The summed E-state index contributed by atoms with van der Waals surface area (Å²) in [5.74, 6) is -1.73. The lowest BCUT2D eigenvalue weighted by atomic mass is 9.49. The van der Waals surface area contributed by atoms with E-state index in [-0.39, 0.29) is 59.3 Å². The van der Waals surface area contributed by atoms with Crippen LogP contribution >= 0.6 is 0 Å². The van der Waals surface area contributed by atoms with Crippen molar-refractivity contribution in [3.05, 3.63) is 88.2 Å². The van der Waals surface area contributed by atoms with Crippen LogP contribution in [-0.2, 0) is 14.3 Å². The van der Waals surface area contributed by atoms with Crippen LogP contribution in [0.15, 0.2) is 54.6 Å². The lowest BCUT2D eigenvalue weighted by Gasteiger charge is -2.63. The highest BCUT2D eigenvalue weighted by Crippen LogP contribution is 2.55. The Bertz CT molecular complexity index is 2120. The van der Waals surface area contributed by atoms with Crippen LogP contribution in [0.2, 0.25) is 0 Å². The molecular weight excluding hydrogens is 754 g/mol. The van der Waals surface area contributed by atoms with Crippen molar-refractivity contribution in [3.8, 4) is 11.8 Å². The number of hydrogen-bond donors (Lipinski definition) is 3. The van der Waals surface area contributed by atoms with Crippen LogP contribution in [0.5, 0.6) is 5.75 Å². The van der Waals surface area contributed by atoms with Crippen LogP contribution in [0.4, 0.5) is 15.8 Å². The Hall–Kier alpha value is -5.52. The van der Waals surface area contributed by atoms with Gasteiger partial charge in [-0.15, -0.1) is 0 Å².